The summed E-state index contributed by atoms with van der Waals surface area (Å²) in [5, 5.41) is -0.684. The normalized spacial score (nSPS) is 12.9. The molecule has 0 saturated carbocycles. The van der Waals surface area contributed by atoms with Gasteiger partial charge in [-0.1, -0.05) is 41.5 Å². The molecule has 0 aromatic heterocycles. The molecule has 0 amide bonds. The minimum atomic E-state index is -3.07. The van der Waals surface area contributed by atoms with Gasteiger partial charge in [-0.3, -0.25) is 0 Å². The maximum absolute atomic E-state index is 11.7. The Kier molecular flexibility index (Phi) is 5.46. The molecule has 4 nitrogen and oxygen atoms in total. The molecule has 0 heterocycles. The first-order valence-corrected chi connectivity index (χ1v) is 9.46. The predicted octanol–water partition coefficient (Wildman–Crippen LogP) is 4.28. The number of esters is 1. The van der Waals surface area contributed by atoms with Crippen LogP contribution in [0, 0.1) is 0 Å². The average Bonchev–Trinajstić information content (AvgIpc) is 2.37. The fraction of sp³-hybridized carbons (Fsp3) is 0.588. The molecule has 22 heavy (non-hydrogen) atoms. The van der Waals surface area contributed by atoms with Crippen LogP contribution >= 0.6 is 0 Å². The zero-order valence-corrected chi connectivity index (χ0v) is 15.7. The first kappa shape index (κ1) is 18.7. The lowest BCUT2D eigenvalue weighted by molar-refractivity contribution is 0.0526. The van der Waals surface area contributed by atoms with Crippen molar-refractivity contribution in [1.82, 2.24) is 0 Å². The molecule has 0 aliphatic carbocycles. The second-order valence-corrected chi connectivity index (χ2v) is 12.0. The molecular weight excluding hydrogens is 296 g/mol. The van der Waals surface area contributed by atoms with E-state index in [0.29, 0.717) is 17.9 Å². The number of benzene rings is 1. The summed E-state index contributed by atoms with van der Waals surface area (Å²) in [5.74, 6) is 0.222. The van der Waals surface area contributed by atoms with Gasteiger partial charge >= 0.3 is 14.5 Å². The van der Waals surface area contributed by atoms with Crippen molar-refractivity contribution < 1.29 is 18.8 Å². The molecule has 0 spiro atoms. The van der Waals surface area contributed by atoms with E-state index in [2.05, 4.69) is 0 Å². The molecule has 124 valence electrons. The minimum absolute atomic E-state index is 0.342. The molecule has 1 aromatic carbocycles. The molecular formula is C17H28O4Si. The zero-order chi connectivity index (χ0) is 17.2. The molecule has 5 heteroatoms. The fourth-order valence-electron chi connectivity index (χ4n) is 2.48. The quantitative estimate of drug-likeness (QED) is 0.663. The third-order valence-corrected chi connectivity index (χ3v) is 8.26. The Hall–Kier alpha value is -1.33. The van der Waals surface area contributed by atoms with E-state index in [0.717, 1.165) is 0 Å². The van der Waals surface area contributed by atoms with Crippen LogP contribution in [0.4, 0.5) is 0 Å². The van der Waals surface area contributed by atoms with Crippen LogP contribution in [-0.4, -0.2) is 25.9 Å². The SMILES string of the molecule is CCOC(=O)c1ccc(O[Si](O)(C(C)(C)C)C(C)(C)C)cc1. The molecule has 1 rings (SSSR count). The highest BCUT2D eigenvalue weighted by molar-refractivity contribution is 6.72. The van der Waals surface area contributed by atoms with Gasteiger partial charge in [-0.05, 0) is 31.2 Å². The standard InChI is InChI=1S/C17H28O4Si/c1-8-20-15(18)13-9-11-14(12-10-13)21-22(19,16(2,3)4)17(5,6)7/h9-12,19H,8H2,1-7H3. The topological polar surface area (TPSA) is 55.8 Å². The van der Waals surface area contributed by atoms with Gasteiger partial charge in [0.1, 0.15) is 5.75 Å². The Morgan fingerprint density at radius 1 is 1.05 bits per heavy atom. The number of rotatable bonds is 4. The number of ether oxygens (including phenoxy) is 1. The van der Waals surface area contributed by atoms with Gasteiger partial charge in [0, 0.05) is 10.1 Å². The molecule has 0 fully saturated rings. The zero-order valence-electron chi connectivity index (χ0n) is 14.7. The van der Waals surface area contributed by atoms with Gasteiger partial charge in [0.2, 0.25) is 0 Å². The van der Waals surface area contributed by atoms with Crippen molar-refractivity contribution >= 4 is 14.5 Å². The summed E-state index contributed by atoms with van der Waals surface area (Å²) in [6.07, 6.45) is 0. The van der Waals surface area contributed by atoms with Crippen LogP contribution in [0.5, 0.6) is 5.75 Å². The molecule has 0 aliphatic rings. The van der Waals surface area contributed by atoms with Crippen LogP contribution < -0.4 is 4.43 Å². The monoisotopic (exact) mass is 324 g/mol. The summed E-state index contributed by atoms with van der Waals surface area (Å²) in [6.45, 7) is 14.1. The molecule has 0 aliphatic heterocycles. The molecule has 0 atom stereocenters. The fourth-order valence-corrected chi connectivity index (χ4v) is 5.81. The van der Waals surface area contributed by atoms with Gasteiger partial charge in [0.05, 0.1) is 12.2 Å². The van der Waals surface area contributed by atoms with E-state index in [9.17, 15) is 9.59 Å². The van der Waals surface area contributed by atoms with Gasteiger partial charge in [0.15, 0.2) is 0 Å². The summed E-state index contributed by atoms with van der Waals surface area (Å²) in [4.78, 5) is 22.9. The van der Waals surface area contributed by atoms with Crippen LogP contribution in [0.3, 0.4) is 0 Å². The summed E-state index contributed by atoms with van der Waals surface area (Å²) in [5.41, 5.74) is 0.478. The molecule has 0 radical (unpaired) electrons. The summed E-state index contributed by atoms with van der Waals surface area (Å²) in [7, 11) is -3.07. The minimum Gasteiger partial charge on any atom is -0.520 e. The first-order chi connectivity index (χ1) is 9.92. The Bertz CT molecular complexity index is 495. The third-order valence-electron chi connectivity index (χ3n) is 3.66. The summed E-state index contributed by atoms with van der Waals surface area (Å²) in [6, 6.07) is 6.74. The van der Waals surface area contributed by atoms with Crippen molar-refractivity contribution in [3.05, 3.63) is 29.8 Å². The Morgan fingerprint density at radius 3 is 1.86 bits per heavy atom. The lowest BCUT2D eigenvalue weighted by Crippen LogP contribution is -2.57. The van der Waals surface area contributed by atoms with Crippen LogP contribution in [-0.2, 0) is 4.74 Å². The number of carbonyl (C=O) groups excluding carboxylic acids is 1. The molecule has 1 aromatic rings. The molecule has 0 bridgehead atoms. The maximum Gasteiger partial charge on any atom is 0.407 e. The second-order valence-electron chi connectivity index (χ2n) is 7.49. The summed E-state index contributed by atoms with van der Waals surface area (Å²) >= 11 is 0. The highest BCUT2D eigenvalue weighted by Crippen LogP contribution is 2.49. The highest BCUT2D eigenvalue weighted by atomic mass is 28.4. The Balaban J connectivity index is 3.04. The second kappa shape index (κ2) is 6.42. The van der Waals surface area contributed by atoms with Crippen molar-refractivity contribution in [2.75, 3.05) is 6.61 Å². The van der Waals surface area contributed by atoms with Crippen molar-refractivity contribution in [2.45, 2.75) is 58.5 Å². The lowest BCUT2D eigenvalue weighted by atomic mass is 10.2. The van der Waals surface area contributed by atoms with Gasteiger partial charge in [-0.25, -0.2) is 4.79 Å². The molecule has 0 saturated heterocycles. The van der Waals surface area contributed by atoms with E-state index in [-0.39, 0.29) is 16.0 Å². The van der Waals surface area contributed by atoms with E-state index in [1.165, 1.54) is 0 Å². The summed E-state index contributed by atoms with van der Waals surface area (Å²) < 4.78 is 11.0. The van der Waals surface area contributed by atoms with E-state index in [1.54, 1.807) is 31.2 Å². The van der Waals surface area contributed by atoms with E-state index in [4.69, 9.17) is 9.16 Å². The largest absolute Gasteiger partial charge is 0.520 e. The van der Waals surface area contributed by atoms with Crippen molar-refractivity contribution in [3.63, 3.8) is 0 Å². The Labute approximate surface area is 134 Å². The number of carbonyl (C=O) groups is 1. The number of hydrogen-bond donors (Lipinski definition) is 1. The lowest BCUT2D eigenvalue weighted by Gasteiger charge is -2.45. The van der Waals surface area contributed by atoms with Gasteiger partial charge in [-0.15, -0.1) is 0 Å². The third kappa shape index (κ3) is 3.90. The van der Waals surface area contributed by atoms with Crippen molar-refractivity contribution in [2.24, 2.45) is 0 Å². The highest BCUT2D eigenvalue weighted by Gasteiger charge is 2.57. The van der Waals surface area contributed by atoms with E-state index < -0.39 is 8.56 Å². The van der Waals surface area contributed by atoms with E-state index in [1.807, 2.05) is 41.5 Å². The van der Waals surface area contributed by atoms with Crippen molar-refractivity contribution in [3.8, 4) is 5.75 Å². The smallest absolute Gasteiger partial charge is 0.407 e. The van der Waals surface area contributed by atoms with Crippen LogP contribution in [0.1, 0.15) is 58.8 Å². The average molecular weight is 324 g/mol. The Morgan fingerprint density at radius 2 is 1.50 bits per heavy atom. The van der Waals surface area contributed by atoms with Crippen LogP contribution in [0.15, 0.2) is 24.3 Å². The first-order valence-electron chi connectivity index (χ1n) is 7.61. The number of hydrogen-bond acceptors (Lipinski definition) is 4. The van der Waals surface area contributed by atoms with Crippen LogP contribution in [0.2, 0.25) is 10.1 Å². The maximum atomic E-state index is 11.7. The van der Waals surface area contributed by atoms with Crippen molar-refractivity contribution in [1.29, 1.82) is 0 Å². The van der Waals surface area contributed by atoms with Crippen LogP contribution in [0.25, 0.3) is 0 Å². The molecule has 0 unspecified atom stereocenters. The van der Waals surface area contributed by atoms with E-state index >= 15 is 0 Å². The predicted molar refractivity (Wildman–Crippen MR) is 90.4 cm³/mol. The van der Waals surface area contributed by atoms with Gasteiger partial charge in [0.25, 0.3) is 0 Å². The van der Waals surface area contributed by atoms with Gasteiger partial charge < -0.3 is 14.0 Å². The molecule has 1 N–H and O–H groups in total. The van der Waals surface area contributed by atoms with Gasteiger partial charge in [-0.2, -0.15) is 0 Å².